The second-order valence-electron chi connectivity index (χ2n) is 3.27. The zero-order chi connectivity index (χ0) is 12.8. The number of hydrogen-bond acceptors (Lipinski definition) is 3. The van der Waals surface area contributed by atoms with Gasteiger partial charge in [0, 0.05) is 0 Å². The van der Waals surface area contributed by atoms with E-state index in [0.717, 1.165) is 0 Å². The van der Waals surface area contributed by atoms with Gasteiger partial charge in [0.05, 0.1) is 0 Å². The Hall–Kier alpha value is 0.310. The molecule has 0 saturated heterocycles. The van der Waals surface area contributed by atoms with Crippen molar-refractivity contribution in [3.63, 3.8) is 0 Å². The van der Waals surface area contributed by atoms with E-state index >= 15 is 0 Å². The Labute approximate surface area is 93.7 Å². The Morgan fingerprint density at radius 1 is 1.00 bits per heavy atom. The van der Waals surface area contributed by atoms with Crippen LogP contribution in [0.1, 0.15) is 12.8 Å². The predicted octanol–water partition coefficient (Wildman–Crippen LogP) is 0.989. The molecular weight excluding hydrogens is 277 g/mol. The van der Waals surface area contributed by atoms with Crippen LogP contribution in [-0.2, 0) is 13.7 Å². The molecule has 0 bridgehead atoms. The summed E-state index contributed by atoms with van der Waals surface area (Å²) in [6.07, 6.45) is -0.832. The van der Waals surface area contributed by atoms with Crippen LogP contribution in [0, 0.1) is 11.5 Å². The Kier molecular flexibility index (Phi) is 7.04. The predicted molar refractivity (Wildman–Crippen MR) is 58.0 cm³/mol. The van der Waals surface area contributed by atoms with Crippen LogP contribution < -0.4 is 0 Å². The molecule has 7 nitrogen and oxygen atoms in total. The average Bonchev–Trinajstić information content (AvgIpc) is 2.07. The van der Waals surface area contributed by atoms with Crippen molar-refractivity contribution in [1.29, 1.82) is 0 Å². The Balaban J connectivity index is 4.28. The molecule has 0 radical (unpaired) electrons. The van der Waals surface area contributed by atoms with Gasteiger partial charge in [0.15, 0.2) is 0 Å². The molecule has 0 rings (SSSR count). The van der Waals surface area contributed by atoms with Crippen molar-refractivity contribution >= 4 is 23.1 Å². The van der Waals surface area contributed by atoms with Gasteiger partial charge in [-0.15, -0.1) is 0 Å². The van der Waals surface area contributed by atoms with Crippen molar-refractivity contribution in [3.8, 4) is 5.63 Å². The van der Waals surface area contributed by atoms with Crippen molar-refractivity contribution in [1.82, 2.24) is 0 Å². The SMILES string of the molecule is O=P#CC(CCP(=O)(O)O)CCP(=O)(O)O. The first-order valence-corrected chi connectivity index (χ1v) is 8.72. The molecule has 0 aromatic heterocycles. The molecule has 0 heterocycles. The van der Waals surface area contributed by atoms with E-state index in [4.69, 9.17) is 19.6 Å². The first kappa shape index (κ1) is 16.3. The van der Waals surface area contributed by atoms with E-state index in [-0.39, 0.29) is 12.8 Å². The monoisotopic (exact) mass is 290 g/mol. The fourth-order valence-corrected chi connectivity index (χ4v) is 2.70. The molecule has 0 amide bonds. The quantitative estimate of drug-likeness (QED) is 0.536. The zero-order valence-electron chi connectivity index (χ0n) is 8.26. The van der Waals surface area contributed by atoms with Crippen LogP contribution in [0.2, 0.25) is 0 Å². The summed E-state index contributed by atoms with van der Waals surface area (Å²) in [5.74, 6) is -0.598. The van der Waals surface area contributed by atoms with E-state index in [1.165, 1.54) is 0 Å². The van der Waals surface area contributed by atoms with Crippen molar-refractivity contribution in [2.75, 3.05) is 12.3 Å². The molecule has 0 unspecified atom stereocenters. The van der Waals surface area contributed by atoms with Crippen LogP contribution in [0.4, 0.5) is 0 Å². The molecule has 0 aromatic rings. The molecule has 0 aliphatic rings. The van der Waals surface area contributed by atoms with Crippen LogP contribution in [0.15, 0.2) is 0 Å². The second-order valence-corrected chi connectivity index (χ2v) is 7.27. The van der Waals surface area contributed by atoms with E-state index in [1.807, 2.05) is 0 Å². The number of hydrogen-bond donors (Lipinski definition) is 4. The van der Waals surface area contributed by atoms with E-state index in [0.29, 0.717) is 0 Å². The zero-order valence-corrected chi connectivity index (χ0v) is 10.9. The Morgan fingerprint density at radius 2 is 1.38 bits per heavy atom. The van der Waals surface area contributed by atoms with Gasteiger partial charge in [0.1, 0.15) is 0 Å². The summed E-state index contributed by atoms with van der Waals surface area (Å²) >= 11 is 0. The molecule has 0 aromatic carbocycles. The van der Waals surface area contributed by atoms with Crippen molar-refractivity contribution in [2.24, 2.45) is 5.92 Å². The maximum absolute atomic E-state index is 10.6. The average molecular weight is 290 g/mol. The van der Waals surface area contributed by atoms with Crippen LogP contribution in [0.5, 0.6) is 0 Å². The normalized spacial score (nSPS) is 12.6. The standard InChI is InChI=1S/C6H13O7P3/c7-14-5-6(1-3-15(8,9)10)2-4-16(11,12)13/h6H,1-4H2,(H2,8,9,10)(H2,11,12,13). The van der Waals surface area contributed by atoms with Gasteiger partial charge in [-0.25, -0.2) is 0 Å². The Morgan fingerprint density at radius 3 is 1.62 bits per heavy atom. The van der Waals surface area contributed by atoms with E-state index in [9.17, 15) is 13.7 Å². The number of rotatable bonds is 6. The second kappa shape index (κ2) is 6.90. The van der Waals surface area contributed by atoms with E-state index in [2.05, 4.69) is 5.63 Å². The van der Waals surface area contributed by atoms with Gasteiger partial charge in [-0.05, 0) is 0 Å². The van der Waals surface area contributed by atoms with Crippen LogP contribution in [-0.4, -0.2) is 31.9 Å². The fraction of sp³-hybridized carbons (Fsp3) is 0.833. The summed E-state index contributed by atoms with van der Waals surface area (Å²) in [5, 5.41) is 0. The van der Waals surface area contributed by atoms with Gasteiger partial charge in [-0.2, -0.15) is 0 Å². The minimum atomic E-state index is -4.15. The van der Waals surface area contributed by atoms with Gasteiger partial charge in [0.25, 0.3) is 0 Å². The molecule has 4 N–H and O–H groups in total. The first-order valence-electron chi connectivity index (χ1n) is 4.31. The van der Waals surface area contributed by atoms with Gasteiger partial charge < -0.3 is 0 Å². The molecule has 0 fully saturated rings. The van der Waals surface area contributed by atoms with Gasteiger partial charge in [-0.1, -0.05) is 0 Å². The third-order valence-corrected chi connectivity index (χ3v) is 3.93. The topological polar surface area (TPSA) is 132 Å². The third kappa shape index (κ3) is 10.8. The summed E-state index contributed by atoms with van der Waals surface area (Å²) in [6, 6.07) is 0. The van der Waals surface area contributed by atoms with Crippen molar-refractivity contribution in [3.05, 3.63) is 0 Å². The van der Waals surface area contributed by atoms with Gasteiger partial charge in [-0.3, -0.25) is 0 Å². The summed E-state index contributed by atoms with van der Waals surface area (Å²) in [6.45, 7) is 0. The molecule has 0 saturated carbocycles. The first-order chi connectivity index (χ1) is 7.14. The molecule has 16 heavy (non-hydrogen) atoms. The molecular formula is C6H13O7P3. The van der Waals surface area contributed by atoms with Crippen molar-refractivity contribution < 1.29 is 33.3 Å². The van der Waals surface area contributed by atoms with Gasteiger partial charge >= 0.3 is 93.1 Å². The molecule has 0 spiro atoms. The molecule has 0 aliphatic carbocycles. The summed E-state index contributed by atoms with van der Waals surface area (Å²) < 4.78 is 31.4. The van der Waals surface area contributed by atoms with E-state index in [1.54, 1.807) is 0 Å². The maximum atomic E-state index is 10.6. The van der Waals surface area contributed by atoms with Crippen LogP contribution >= 0.6 is 23.1 Å². The van der Waals surface area contributed by atoms with E-state index < -0.39 is 41.3 Å². The molecule has 94 valence electrons. The third-order valence-electron chi connectivity index (χ3n) is 1.77. The molecule has 10 heteroatoms. The van der Waals surface area contributed by atoms with Crippen LogP contribution in [0.3, 0.4) is 0 Å². The van der Waals surface area contributed by atoms with Crippen LogP contribution in [0.25, 0.3) is 0 Å². The summed E-state index contributed by atoms with van der Waals surface area (Å²) in [4.78, 5) is 34.4. The van der Waals surface area contributed by atoms with Crippen molar-refractivity contribution in [2.45, 2.75) is 12.8 Å². The summed E-state index contributed by atoms with van der Waals surface area (Å²) in [5.41, 5.74) is 2.36. The minimum absolute atomic E-state index is 0.000478. The summed E-state index contributed by atoms with van der Waals surface area (Å²) in [7, 11) is -8.73. The van der Waals surface area contributed by atoms with Gasteiger partial charge in [0.2, 0.25) is 0 Å². The molecule has 0 atom stereocenters. The Bertz CT molecular complexity index is 375. The molecule has 0 aliphatic heterocycles. The fourth-order valence-electron chi connectivity index (χ4n) is 0.996.